The predicted molar refractivity (Wildman–Crippen MR) is 78.1 cm³/mol. The fraction of sp³-hybridized carbons (Fsp3) is 0.500. The van der Waals surface area contributed by atoms with Crippen LogP contribution < -0.4 is 5.32 Å². The lowest BCUT2D eigenvalue weighted by atomic mass is 9.97. The first kappa shape index (κ1) is 16.1. The maximum Gasteiger partial charge on any atom is 0.220 e. The number of halogens is 1. The molecule has 0 fully saturated rings. The summed E-state index contributed by atoms with van der Waals surface area (Å²) in [5.74, 6) is 0.0570. The maximum atomic E-state index is 11.9. The average Bonchev–Trinajstić information content (AvgIpc) is 2.38. The molecule has 106 valence electrons. The number of methoxy groups -OCH3 is 1. The second kappa shape index (κ2) is 8.30. The zero-order chi connectivity index (χ0) is 14.3. The van der Waals surface area contributed by atoms with E-state index in [2.05, 4.69) is 21.2 Å². The Hall–Kier alpha value is -0.910. The van der Waals surface area contributed by atoms with Crippen LogP contribution in [-0.4, -0.2) is 37.4 Å². The summed E-state index contributed by atoms with van der Waals surface area (Å²) < 4.78 is 5.94. The van der Waals surface area contributed by atoms with Crippen molar-refractivity contribution in [3.05, 3.63) is 34.3 Å². The first-order valence-corrected chi connectivity index (χ1v) is 7.00. The molecule has 0 aliphatic carbocycles. The zero-order valence-corrected chi connectivity index (χ0v) is 12.8. The van der Waals surface area contributed by atoms with Gasteiger partial charge in [-0.25, -0.2) is 0 Å². The van der Waals surface area contributed by atoms with E-state index in [4.69, 9.17) is 9.84 Å². The van der Waals surface area contributed by atoms with Gasteiger partial charge in [0.2, 0.25) is 5.91 Å². The van der Waals surface area contributed by atoms with Crippen LogP contribution in [-0.2, 0) is 9.53 Å². The van der Waals surface area contributed by atoms with Gasteiger partial charge in [0, 0.05) is 18.0 Å². The zero-order valence-electron chi connectivity index (χ0n) is 11.2. The van der Waals surface area contributed by atoms with Gasteiger partial charge in [-0.3, -0.25) is 4.79 Å². The Morgan fingerprint density at radius 1 is 1.42 bits per heavy atom. The van der Waals surface area contributed by atoms with E-state index >= 15 is 0 Å². The van der Waals surface area contributed by atoms with Crippen LogP contribution in [0, 0.1) is 0 Å². The lowest BCUT2D eigenvalue weighted by Gasteiger charge is -2.17. The summed E-state index contributed by atoms with van der Waals surface area (Å²) in [5.41, 5.74) is 1.12. The third-order valence-corrected chi connectivity index (χ3v) is 3.41. The molecule has 1 aromatic carbocycles. The SMILES string of the molecule is COCC(CO)NC(=O)CC(C)c1ccc(Br)cc1. The first-order valence-electron chi connectivity index (χ1n) is 6.21. The molecule has 0 spiro atoms. The van der Waals surface area contributed by atoms with Gasteiger partial charge in [0.05, 0.1) is 19.3 Å². The van der Waals surface area contributed by atoms with Crippen molar-refractivity contribution in [1.29, 1.82) is 0 Å². The molecule has 0 aliphatic heterocycles. The van der Waals surface area contributed by atoms with Gasteiger partial charge >= 0.3 is 0 Å². The van der Waals surface area contributed by atoms with Crippen LogP contribution in [0.2, 0.25) is 0 Å². The van der Waals surface area contributed by atoms with Crippen LogP contribution in [0.5, 0.6) is 0 Å². The number of carbonyl (C=O) groups is 1. The molecule has 1 rings (SSSR count). The topological polar surface area (TPSA) is 58.6 Å². The quantitative estimate of drug-likeness (QED) is 0.805. The van der Waals surface area contributed by atoms with Crippen LogP contribution in [0.1, 0.15) is 24.8 Å². The minimum Gasteiger partial charge on any atom is -0.394 e. The Balaban J connectivity index is 2.49. The van der Waals surface area contributed by atoms with Crippen LogP contribution in [0.25, 0.3) is 0 Å². The Morgan fingerprint density at radius 2 is 2.05 bits per heavy atom. The molecule has 1 amide bonds. The number of hydrogen-bond acceptors (Lipinski definition) is 3. The number of ether oxygens (including phenoxy) is 1. The summed E-state index contributed by atoms with van der Waals surface area (Å²) >= 11 is 3.38. The van der Waals surface area contributed by atoms with E-state index < -0.39 is 0 Å². The summed E-state index contributed by atoms with van der Waals surface area (Å²) in [6.45, 7) is 2.20. The molecule has 19 heavy (non-hydrogen) atoms. The second-order valence-electron chi connectivity index (χ2n) is 4.56. The summed E-state index contributed by atoms with van der Waals surface area (Å²) in [6, 6.07) is 7.59. The standard InChI is InChI=1S/C14H20BrNO3/c1-10(11-3-5-12(15)6-4-11)7-14(18)16-13(8-17)9-19-2/h3-6,10,13,17H,7-9H2,1-2H3,(H,16,18). The summed E-state index contributed by atoms with van der Waals surface area (Å²) in [7, 11) is 1.54. The monoisotopic (exact) mass is 329 g/mol. The molecule has 2 atom stereocenters. The third kappa shape index (κ3) is 5.72. The van der Waals surface area contributed by atoms with Crippen LogP contribution in [0.15, 0.2) is 28.7 Å². The highest BCUT2D eigenvalue weighted by molar-refractivity contribution is 9.10. The fourth-order valence-electron chi connectivity index (χ4n) is 1.82. The summed E-state index contributed by atoms with van der Waals surface area (Å²) in [4.78, 5) is 11.9. The number of amides is 1. The smallest absolute Gasteiger partial charge is 0.220 e. The van der Waals surface area contributed by atoms with Crippen molar-refractivity contribution in [1.82, 2.24) is 5.32 Å². The molecule has 0 bridgehead atoms. The highest BCUT2D eigenvalue weighted by Gasteiger charge is 2.15. The van der Waals surface area contributed by atoms with Crippen LogP contribution >= 0.6 is 15.9 Å². The summed E-state index contributed by atoms with van der Waals surface area (Å²) in [6.07, 6.45) is 0.391. The van der Waals surface area contributed by atoms with Crippen molar-refractivity contribution in [3.8, 4) is 0 Å². The molecule has 2 unspecified atom stereocenters. The maximum absolute atomic E-state index is 11.9. The summed E-state index contributed by atoms with van der Waals surface area (Å²) in [5, 5.41) is 11.8. The van der Waals surface area contributed by atoms with Gasteiger partial charge in [-0.2, -0.15) is 0 Å². The average molecular weight is 330 g/mol. The van der Waals surface area contributed by atoms with Crippen molar-refractivity contribution in [2.75, 3.05) is 20.3 Å². The largest absolute Gasteiger partial charge is 0.394 e. The van der Waals surface area contributed by atoms with Gasteiger partial charge < -0.3 is 15.2 Å². The molecule has 0 aliphatic rings. The van der Waals surface area contributed by atoms with Crippen molar-refractivity contribution in [3.63, 3.8) is 0 Å². The normalized spacial score (nSPS) is 13.9. The number of rotatable bonds is 7. The predicted octanol–water partition coefficient (Wildman–Crippen LogP) is 2.07. The van der Waals surface area contributed by atoms with Gasteiger partial charge in [-0.05, 0) is 23.6 Å². The lowest BCUT2D eigenvalue weighted by molar-refractivity contribution is -0.122. The fourth-order valence-corrected chi connectivity index (χ4v) is 2.08. The number of aliphatic hydroxyl groups excluding tert-OH is 1. The van der Waals surface area contributed by atoms with Gasteiger partial charge in [0.25, 0.3) is 0 Å². The van der Waals surface area contributed by atoms with Gasteiger partial charge in [0.15, 0.2) is 0 Å². The molecule has 2 N–H and O–H groups in total. The lowest BCUT2D eigenvalue weighted by Crippen LogP contribution is -2.40. The minimum absolute atomic E-state index is 0.0773. The number of aliphatic hydroxyl groups is 1. The van der Waals surface area contributed by atoms with Gasteiger partial charge in [0.1, 0.15) is 0 Å². The molecule has 1 aromatic rings. The highest BCUT2D eigenvalue weighted by atomic mass is 79.9. The van der Waals surface area contributed by atoms with Crippen molar-refractivity contribution in [2.24, 2.45) is 0 Å². The molecule has 0 radical (unpaired) electrons. The molecule has 0 heterocycles. The van der Waals surface area contributed by atoms with E-state index in [1.54, 1.807) is 7.11 Å². The van der Waals surface area contributed by atoms with E-state index in [9.17, 15) is 4.79 Å². The Labute approximate surface area is 122 Å². The molecular formula is C14H20BrNO3. The van der Waals surface area contributed by atoms with Crippen molar-refractivity contribution in [2.45, 2.75) is 25.3 Å². The van der Waals surface area contributed by atoms with Crippen molar-refractivity contribution >= 4 is 21.8 Å². The molecule has 0 saturated carbocycles. The highest BCUT2D eigenvalue weighted by Crippen LogP contribution is 2.21. The number of nitrogens with one attached hydrogen (secondary N) is 1. The third-order valence-electron chi connectivity index (χ3n) is 2.88. The molecule has 0 saturated heterocycles. The number of benzene rings is 1. The Bertz CT molecular complexity index is 394. The van der Waals surface area contributed by atoms with E-state index in [-0.39, 0.29) is 24.5 Å². The number of hydrogen-bond donors (Lipinski definition) is 2. The molecule has 4 nitrogen and oxygen atoms in total. The molecule has 0 aromatic heterocycles. The second-order valence-corrected chi connectivity index (χ2v) is 5.47. The first-order chi connectivity index (χ1) is 9.06. The van der Waals surface area contributed by atoms with E-state index in [1.165, 1.54) is 0 Å². The van der Waals surface area contributed by atoms with Gasteiger partial charge in [-0.15, -0.1) is 0 Å². The Kier molecular flexibility index (Phi) is 7.05. The van der Waals surface area contributed by atoms with Crippen molar-refractivity contribution < 1.29 is 14.6 Å². The molecular weight excluding hydrogens is 310 g/mol. The minimum atomic E-state index is -0.338. The van der Waals surface area contributed by atoms with Crippen LogP contribution in [0.3, 0.4) is 0 Å². The van der Waals surface area contributed by atoms with Gasteiger partial charge in [-0.1, -0.05) is 35.0 Å². The Morgan fingerprint density at radius 3 is 2.58 bits per heavy atom. The van der Waals surface area contributed by atoms with E-state index in [0.717, 1.165) is 10.0 Å². The van der Waals surface area contributed by atoms with Crippen LogP contribution in [0.4, 0.5) is 0 Å². The number of carbonyl (C=O) groups excluding carboxylic acids is 1. The molecule has 5 heteroatoms. The van der Waals surface area contributed by atoms with E-state index in [1.807, 2.05) is 31.2 Å². The van der Waals surface area contributed by atoms with E-state index in [0.29, 0.717) is 13.0 Å².